The van der Waals surface area contributed by atoms with E-state index < -0.39 is 42.3 Å². The second kappa shape index (κ2) is 11.2. The first-order valence-corrected chi connectivity index (χ1v) is 8.63. The summed E-state index contributed by atoms with van der Waals surface area (Å²) in [5, 5.41) is 54.9. The molecule has 0 spiro atoms. The van der Waals surface area contributed by atoms with Gasteiger partial charge in [-0.25, -0.2) is 0 Å². The minimum absolute atomic E-state index is 0.439. The minimum atomic E-state index is -1.69. The van der Waals surface area contributed by atoms with Crippen molar-refractivity contribution >= 4 is 5.97 Å². The van der Waals surface area contributed by atoms with E-state index in [1.54, 1.807) is 0 Å². The Morgan fingerprint density at radius 1 is 0.920 bits per heavy atom. The van der Waals surface area contributed by atoms with Crippen LogP contribution in [0.4, 0.5) is 0 Å². The predicted octanol–water partition coefficient (Wildman–Crippen LogP) is -1.01. The highest BCUT2D eigenvalue weighted by Crippen LogP contribution is 2.27. The maximum Gasteiger partial charge on any atom is 0.310 e. The molecule has 0 bridgehead atoms. The minimum Gasteiger partial charge on any atom is -0.481 e. The van der Waals surface area contributed by atoms with Crippen LogP contribution >= 0.6 is 0 Å². The third kappa shape index (κ3) is 6.43. The van der Waals surface area contributed by atoms with Gasteiger partial charge in [-0.3, -0.25) is 4.79 Å². The number of unbranched alkanes of at least 4 members (excludes halogenated alkanes) is 5. The number of hydrogen-bond donors (Lipinski definition) is 7. The fraction of sp³-hybridized carbons (Fsp3) is 0.933. The molecule has 0 heterocycles. The van der Waals surface area contributed by atoms with E-state index in [9.17, 15) is 30.3 Å². The summed E-state index contributed by atoms with van der Waals surface area (Å²) in [6, 6.07) is -1.03. The van der Waals surface area contributed by atoms with Gasteiger partial charge in [0.1, 0.15) is 35.3 Å². The zero-order valence-corrected chi connectivity index (χ0v) is 14.2. The molecule has 0 unspecified atom stereocenters. The van der Waals surface area contributed by atoms with E-state index in [2.05, 4.69) is 15.3 Å². The number of carboxylic acid groups (broad SMARTS) is 1. The summed E-state index contributed by atoms with van der Waals surface area (Å²) < 4.78 is 0. The fourth-order valence-electron chi connectivity index (χ4n) is 3.13. The SMILES string of the molecule is N=[N+]=NCCCCCCCCN[C@H]1[C@H](O)[C@H](O)[C@@H](O)[C@H](O)[C@H]1C(=O)O. The van der Waals surface area contributed by atoms with Crippen molar-refractivity contribution in [2.24, 2.45) is 11.0 Å². The molecule has 0 aromatic rings. The molecule has 10 nitrogen and oxygen atoms in total. The predicted molar refractivity (Wildman–Crippen MR) is 86.8 cm³/mol. The third-order valence-electron chi connectivity index (χ3n) is 4.59. The van der Waals surface area contributed by atoms with Crippen molar-refractivity contribution < 1.29 is 30.3 Å². The van der Waals surface area contributed by atoms with Gasteiger partial charge >= 0.3 is 5.97 Å². The highest BCUT2D eigenvalue weighted by atomic mass is 16.4. The van der Waals surface area contributed by atoms with Crippen LogP contribution in [0.1, 0.15) is 38.5 Å². The molecule has 0 saturated heterocycles. The van der Waals surface area contributed by atoms with Crippen molar-refractivity contribution in [2.75, 3.05) is 13.1 Å². The summed E-state index contributed by atoms with van der Waals surface area (Å²) in [6.07, 6.45) is -0.788. The average Bonchev–Trinajstić information content (AvgIpc) is 2.58. The molecular weight excluding hydrogens is 332 g/mol. The van der Waals surface area contributed by atoms with E-state index in [0.29, 0.717) is 13.1 Å². The van der Waals surface area contributed by atoms with E-state index >= 15 is 0 Å². The number of aliphatic hydroxyl groups excluding tert-OH is 4. The quantitative estimate of drug-likeness (QED) is 0.140. The molecule has 0 amide bonds. The number of carboxylic acids is 1. The van der Waals surface area contributed by atoms with Crippen molar-refractivity contribution in [3.63, 3.8) is 0 Å². The van der Waals surface area contributed by atoms with Crippen LogP contribution in [-0.4, -0.2) is 75.0 Å². The molecule has 7 N–H and O–H groups in total. The standard InChI is InChI=1S/C15H28N4O6/c16-19-18-8-6-4-2-1-3-5-7-17-10-9(15(24)25)11(20)13(22)14(23)12(10)21/h9-14,16-17,20-23H,1-8H2/p+1/t9-,10+,11+,12-,13-,14-/m0/s1. The van der Waals surface area contributed by atoms with Crippen molar-refractivity contribution in [1.82, 2.24) is 10.2 Å². The second-order valence-corrected chi connectivity index (χ2v) is 6.39. The van der Waals surface area contributed by atoms with Gasteiger partial charge in [-0.05, 0) is 19.4 Å². The molecule has 25 heavy (non-hydrogen) atoms. The van der Waals surface area contributed by atoms with Gasteiger partial charge in [0.15, 0.2) is 0 Å². The molecular formula is C15H29N4O6+. The average molecular weight is 361 g/mol. The molecule has 10 heteroatoms. The molecule has 0 aromatic heterocycles. The molecule has 0 aromatic carbocycles. The van der Waals surface area contributed by atoms with Crippen LogP contribution in [0, 0.1) is 11.4 Å². The first kappa shape index (κ1) is 21.6. The largest absolute Gasteiger partial charge is 0.481 e. The lowest BCUT2D eigenvalue weighted by molar-refractivity contribution is -0.186. The van der Waals surface area contributed by atoms with Gasteiger partial charge in [0, 0.05) is 0 Å². The summed E-state index contributed by atoms with van der Waals surface area (Å²) in [4.78, 5) is 14.3. The maximum absolute atomic E-state index is 11.3. The molecule has 1 rings (SSSR count). The first-order chi connectivity index (χ1) is 11.9. The van der Waals surface area contributed by atoms with Gasteiger partial charge in [-0.1, -0.05) is 25.7 Å². The number of carbonyl (C=O) groups is 1. The summed E-state index contributed by atoms with van der Waals surface area (Å²) in [7, 11) is 0. The maximum atomic E-state index is 11.3. The Hall–Kier alpha value is -1.42. The Bertz CT molecular complexity index is 459. The van der Waals surface area contributed by atoms with Crippen LogP contribution in [-0.2, 0) is 4.79 Å². The summed E-state index contributed by atoms with van der Waals surface area (Å²) in [5.41, 5.74) is 6.52. The molecule has 1 saturated carbocycles. The number of aliphatic hydroxyl groups is 4. The molecule has 1 aliphatic rings. The van der Waals surface area contributed by atoms with Crippen LogP contribution < -0.4 is 10.2 Å². The number of rotatable bonds is 11. The Kier molecular flexibility index (Phi) is 9.73. The molecule has 1 aliphatic carbocycles. The van der Waals surface area contributed by atoms with Crippen LogP contribution in [0.2, 0.25) is 0 Å². The van der Waals surface area contributed by atoms with Gasteiger partial charge in [-0.15, -0.1) is 0 Å². The second-order valence-electron chi connectivity index (χ2n) is 6.39. The highest BCUT2D eigenvalue weighted by molar-refractivity contribution is 5.72. The zero-order chi connectivity index (χ0) is 18.8. The normalized spacial score (nSPS) is 32.2. The van der Waals surface area contributed by atoms with Crippen molar-refractivity contribution in [3.8, 4) is 0 Å². The van der Waals surface area contributed by atoms with E-state index in [0.717, 1.165) is 38.5 Å². The Labute approximate surface area is 146 Å². The van der Waals surface area contributed by atoms with Crippen LogP contribution in [0.3, 0.4) is 0 Å². The molecule has 144 valence electrons. The van der Waals surface area contributed by atoms with Gasteiger partial charge in [0.05, 0.1) is 18.2 Å². The van der Waals surface area contributed by atoms with E-state index in [-0.39, 0.29) is 0 Å². The van der Waals surface area contributed by atoms with E-state index in [1.165, 1.54) is 0 Å². The Morgan fingerprint density at radius 3 is 2.08 bits per heavy atom. The van der Waals surface area contributed by atoms with Gasteiger partial charge < -0.3 is 30.8 Å². The Balaban J connectivity index is 2.31. The molecule has 1 fully saturated rings. The number of nitrogens with zero attached hydrogens (tertiary/aromatic N) is 2. The van der Waals surface area contributed by atoms with E-state index in [1.807, 2.05) is 0 Å². The van der Waals surface area contributed by atoms with Crippen LogP contribution in [0.15, 0.2) is 5.11 Å². The lowest BCUT2D eigenvalue weighted by Gasteiger charge is -2.42. The highest BCUT2D eigenvalue weighted by Gasteiger charge is 2.51. The van der Waals surface area contributed by atoms with Crippen LogP contribution in [0.25, 0.3) is 0 Å². The van der Waals surface area contributed by atoms with Crippen molar-refractivity contribution in [1.29, 1.82) is 5.53 Å². The van der Waals surface area contributed by atoms with Gasteiger partial charge in [0.25, 0.3) is 0 Å². The van der Waals surface area contributed by atoms with Crippen molar-refractivity contribution in [2.45, 2.75) is 69.0 Å². The first-order valence-electron chi connectivity index (χ1n) is 8.63. The van der Waals surface area contributed by atoms with Gasteiger partial charge in [0.2, 0.25) is 4.91 Å². The zero-order valence-electron chi connectivity index (χ0n) is 14.2. The van der Waals surface area contributed by atoms with Crippen molar-refractivity contribution in [3.05, 3.63) is 0 Å². The third-order valence-corrected chi connectivity index (χ3v) is 4.59. The number of hydrogen-bond acceptors (Lipinski definition) is 8. The van der Waals surface area contributed by atoms with Gasteiger partial charge in [-0.2, -0.15) is 0 Å². The smallest absolute Gasteiger partial charge is 0.310 e. The number of aliphatic carboxylic acids is 1. The molecule has 0 aliphatic heterocycles. The monoisotopic (exact) mass is 361 g/mol. The topological polar surface area (TPSA) is 181 Å². The summed E-state index contributed by atoms with van der Waals surface area (Å²) >= 11 is 0. The fourth-order valence-corrected chi connectivity index (χ4v) is 3.13. The summed E-state index contributed by atoms with van der Waals surface area (Å²) in [6.45, 7) is 1.01. The molecule has 6 atom stereocenters. The Morgan fingerprint density at radius 2 is 1.48 bits per heavy atom. The van der Waals surface area contributed by atoms with E-state index in [4.69, 9.17) is 5.53 Å². The summed E-state index contributed by atoms with van der Waals surface area (Å²) in [5.74, 6) is -2.72. The lowest BCUT2D eigenvalue weighted by Crippen LogP contribution is -2.66. The number of nitrogens with one attached hydrogen (secondary N) is 2. The lowest BCUT2D eigenvalue weighted by atomic mass is 9.76. The molecule has 0 radical (unpaired) electrons. The van der Waals surface area contributed by atoms with Crippen LogP contribution in [0.5, 0.6) is 0 Å².